The molecule has 1 N–H and O–H groups in total. The second kappa shape index (κ2) is 9.17. The summed E-state index contributed by atoms with van der Waals surface area (Å²) in [6.45, 7) is 1.60. The number of nitrogens with zero attached hydrogens (tertiary/aromatic N) is 2. The Kier molecular flexibility index (Phi) is 5.63. The van der Waals surface area contributed by atoms with Gasteiger partial charge in [-0.3, -0.25) is 34.2 Å². The van der Waals surface area contributed by atoms with Gasteiger partial charge in [0.05, 0.1) is 22.4 Å². The zero-order valence-corrected chi connectivity index (χ0v) is 22.4. The molecule has 7 rings (SSSR count). The average molecular weight is 561 g/mol. The lowest BCUT2D eigenvalue weighted by Gasteiger charge is -2.42. The molecule has 3 aliphatic carbocycles. The van der Waals surface area contributed by atoms with Crippen LogP contribution in [-0.4, -0.2) is 33.4 Å². The van der Waals surface area contributed by atoms with Crippen LogP contribution in [0.4, 0.5) is 11.4 Å². The molecule has 0 bridgehead atoms. The number of non-ortho nitro benzene ring substituents is 1. The normalized spacial score (nSPS) is 25.2. The number of anilines is 1. The van der Waals surface area contributed by atoms with Crippen molar-refractivity contribution in [1.82, 2.24) is 0 Å². The van der Waals surface area contributed by atoms with Crippen LogP contribution in [0.25, 0.3) is 10.8 Å². The zero-order valence-electron chi connectivity index (χ0n) is 22.4. The van der Waals surface area contributed by atoms with Crippen molar-refractivity contribution in [3.05, 3.63) is 111 Å². The number of carbonyl (C=O) groups is 4. The first-order chi connectivity index (χ1) is 20.2. The summed E-state index contributed by atoms with van der Waals surface area (Å²) in [6.07, 6.45) is 3.58. The molecule has 1 heterocycles. The summed E-state index contributed by atoms with van der Waals surface area (Å²) in [7, 11) is 0. The molecule has 4 atom stereocenters. The molecule has 1 saturated heterocycles. The van der Waals surface area contributed by atoms with Crippen LogP contribution in [0.15, 0.2) is 95.1 Å². The number of hydrogen-bond donors (Lipinski definition) is 1. The van der Waals surface area contributed by atoms with Gasteiger partial charge in [-0.05, 0) is 49.3 Å². The molecular weight excluding hydrogens is 536 g/mol. The Bertz CT molecular complexity index is 1880. The SMILES string of the molecule is CC1=CC(=O)C2=C(C1=O)[C@@H](c1ccc3ccccc3c1O)C1=CC[C@@H]3C(=O)N(c4ccc([N+](=O)[O-])cc4)C(=O)[C@@H]3[C@@H]1C2. The van der Waals surface area contributed by atoms with E-state index in [0.717, 1.165) is 15.9 Å². The first-order valence-corrected chi connectivity index (χ1v) is 13.7. The Morgan fingerprint density at radius 3 is 2.40 bits per heavy atom. The fourth-order valence-corrected chi connectivity index (χ4v) is 7.20. The Labute approximate surface area is 239 Å². The van der Waals surface area contributed by atoms with E-state index < -0.39 is 40.4 Å². The quantitative estimate of drug-likeness (QED) is 0.155. The molecule has 0 saturated carbocycles. The minimum Gasteiger partial charge on any atom is -0.507 e. The van der Waals surface area contributed by atoms with E-state index in [0.29, 0.717) is 27.7 Å². The highest BCUT2D eigenvalue weighted by atomic mass is 16.6. The summed E-state index contributed by atoms with van der Waals surface area (Å²) >= 11 is 0. The van der Waals surface area contributed by atoms with Gasteiger partial charge in [0.1, 0.15) is 5.75 Å². The lowest BCUT2D eigenvalue weighted by Crippen LogP contribution is -2.39. The van der Waals surface area contributed by atoms with Crippen molar-refractivity contribution in [1.29, 1.82) is 0 Å². The van der Waals surface area contributed by atoms with E-state index in [4.69, 9.17) is 0 Å². The third-order valence-electron chi connectivity index (χ3n) is 9.13. The zero-order chi connectivity index (χ0) is 29.4. The number of allylic oxidation sites excluding steroid dienone is 6. The predicted molar refractivity (Wildman–Crippen MR) is 153 cm³/mol. The maximum atomic E-state index is 14.0. The van der Waals surface area contributed by atoms with Gasteiger partial charge in [0.15, 0.2) is 11.6 Å². The summed E-state index contributed by atoms with van der Waals surface area (Å²) in [5.74, 6) is -4.21. The maximum Gasteiger partial charge on any atom is 0.269 e. The smallest absolute Gasteiger partial charge is 0.269 e. The van der Waals surface area contributed by atoms with Gasteiger partial charge in [0.2, 0.25) is 11.8 Å². The predicted octanol–water partition coefficient (Wildman–Crippen LogP) is 5.09. The summed E-state index contributed by atoms with van der Waals surface area (Å²) in [5, 5.41) is 24.0. The van der Waals surface area contributed by atoms with Crippen LogP contribution in [0.3, 0.4) is 0 Å². The number of imide groups is 1. The molecule has 3 aromatic carbocycles. The van der Waals surface area contributed by atoms with E-state index in [2.05, 4.69) is 0 Å². The molecule has 4 aliphatic rings. The maximum absolute atomic E-state index is 14.0. The highest BCUT2D eigenvalue weighted by molar-refractivity contribution is 6.25. The lowest BCUT2D eigenvalue weighted by atomic mass is 9.59. The molecule has 0 aromatic heterocycles. The number of benzene rings is 3. The van der Waals surface area contributed by atoms with Gasteiger partial charge >= 0.3 is 0 Å². The number of carbonyl (C=O) groups excluding carboxylic acids is 4. The van der Waals surface area contributed by atoms with Crippen LogP contribution in [0.2, 0.25) is 0 Å². The van der Waals surface area contributed by atoms with Crippen molar-refractivity contribution < 1.29 is 29.2 Å². The Morgan fingerprint density at radius 1 is 0.929 bits per heavy atom. The molecule has 2 amide bonds. The standard InChI is InChI=1S/C33H24N2O7/c1-16-14-26(36)25-15-24-21(27(29(25)30(16)37)22-11-6-17-4-2-3-5-20(17)31(22)38)12-13-23-28(24)33(40)34(32(23)39)18-7-9-19(10-8-18)35(41)42/h2-12,14,23-24,27-28,38H,13,15H2,1H3/t23-,24+,27+,28-/m0/s1. The number of amides is 2. The molecule has 0 radical (unpaired) electrons. The van der Waals surface area contributed by atoms with E-state index in [1.54, 1.807) is 19.1 Å². The van der Waals surface area contributed by atoms with E-state index in [1.807, 2.05) is 30.3 Å². The summed E-state index contributed by atoms with van der Waals surface area (Å²) in [4.78, 5) is 66.2. The van der Waals surface area contributed by atoms with Crippen LogP contribution >= 0.6 is 0 Å². The van der Waals surface area contributed by atoms with Gasteiger partial charge in [-0.15, -0.1) is 0 Å². The largest absolute Gasteiger partial charge is 0.507 e. The minimum atomic E-state index is -0.790. The summed E-state index contributed by atoms with van der Waals surface area (Å²) < 4.78 is 0. The van der Waals surface area contributed by atoms with E-state index in [-0.39, 0.29) is 41.5 Å². The van der Waals surface area contributed by atoms with Crippen molar-refractivity contribution in [3.8, 4) is 5.75 Å². The highest BCUT2D eigenvalue weighted by Gasteiger charge is 2.56. The second-order valence-electron chi connectivity index (χ2n) is 11.2. The van der Waals surface area contributed by atoms with Crippen LogP contribution in [0, 0.1) is 27.9 Å². The number of nitro benzene ring substituents is 1. The van der Waals surface area contributed by atoms with Gasteiger partial charge in [0.25, 0.3) is 5.69 Å². The Balaban J connectivity index is 1.37. The topological polar surface area (TPSA) is 135 Å². The van der Waals surface area contributed by atoms with Crippen LogP contribution < -0.4 is 4.90 Å². The van der Waals surface area contributed by atoms with Crippen LogP contribution in [-0.2, 0) is 19.2 Å². The van der Waals surface area contributed by atoms with Crippen molar-refractivity contribution in [3.63, 3.8) is 0 Å². The molecule has 1 aliphatic heterocycles. The van der Waals surface area contributed by atoms with Crippen molar-refractivity contribution in [2.45, 2.75) is 25.7 Å². The molecule has 42 heavy (non-hydrogen) atoms. The molecule has 3 aromatic rings. The molecular formula is C33H24N2O7. The van der Waals surface area contributed by atoms with Crippen molar-refractivity contribution in [2.75, 3.05) is 4.90 Å². The van der Waals surface area contributed by atoms with E-state index >= 15 is 0 Å². The molecule has 9 nitrogen and oxygen atoms in total. The van der Waals surface area contributed by atoms with Gasteiger partial charge in [-0.2, -0.15) is 0 Å². The third-order valence-corrected chi connectivity index (χ3v) is 9.13. The molecule has 9 heteroatoms. The number of phenolic OH excluding ortho intramolecular Hbond substituents is 1. The van der Waals surface area contributed by atoms with Gasteiger partial charge in [-0.1, -0.05) is 48.0 Å². The van der Waals surface area contributed by atoms with Crippen molar-refractivity contribution in [2.24, 2.45) is 17.8 Å². The average Bonchev–Trinajstić information content (AvgIpc) is 3.25. The van der Waals surface area contributed by atoms with Gasteiger partial charge in [0, 0.05) is 45.7 Å². The summed E-state index contributed by atoms with van der Waals surface area (Å²) in [6, 6.07) is 16.2. The highest BCUT2D eigenvalue weighted by Crippen LogP contribution is 2.56. The summed E-state index contributed by atoms with van der Waals surface area (Å²) in [5.41, 5.74) is 2.23. The number of hydrogen-bond acceptors (Lipinski definition) is 7. The lowest BCUT2D eigenvalue weighted by molar-refractivity contribution is -0.384. The molecule has 0 spiro atoms. The molecule has 1 fully saturated rings. The second-order valence-corrected chi connectivity index (χ2v) is 11.2. The minimum absolute atomic E-state index is 0.00223. The van der Waals surface area contributed by atoms with Crippen molar-refractivity contribution >= 4 is 45.5 Å². The number of phenols is 1. The Morgan fingerprint density at radius 2 is 1.67 bits per heavy atom. The van der Waals surface area contributed by atoms with Crippen LogP contribution in [0.5, 0.6) is 5.75 Å². The van der Waals surface area contributed by atoms with E-state index in [9.17, 15) is 34.4 Å². The van der Waals surface area contributed by atoms with E-state index in [1.165, 1.54) is 30.3 Å². The van der Waals surface area contributed by atoms with Gasteiger partial charge in [-0.25, -0.2) is 0 Å². The van der Waals surface area contributed by atoms with Crippen LogP contribution in [0.1, 0.15) is 31.2 Å². The fourth-order valence-electron chi connectivity index (χ4n) is 7.20. The number of Topliss-reactive ketones (excluding diaryl/α,β-unsaturated/α-hetero) is 1. The molecule has 0 unspecified atom stereocenters. The van der Waals surface area contributed by atoms with Gasteiger partial charge < -0.3 is 5.11 Å². The first-order valence-electron chi connectivity index (χ1n) is 13.7. The number of rotatable bonds is 3. The third kappa shape index (κ3) is 3.56. The number of fused-ring (bicyclic) bond motifs is 4. The first kappa shape index (κ1) is 25.8. The fraction of sp³-hybridized carbons (Fsp3) is 0.212. The number of aromatic hydroxyl groups is 1. The number of ketones is 2. The Hall–Kier alpha value is -5.18. The number of nitro groups is 1. The monoisotopic (exact) mass is 560 g/mol. The molecule has 208 valence electrons.